The number of amides is 1. The summed E-state index contributed by atoms with van der Waals surface area (Å²) < 4.78 is 5.33. The minimum Gasteiger partial charge on any atom is -0.462 e. The normalized spacial score (nSPS) is 16.4. The molecule has 0 bridgehead atoms. The maximum atomic E-state index is 12.9. The van der Waals surface area contributed by atoms with Crippen molar-refractivity contribution in [2.24, 2.45) is 0 Å². The molecule has 1 unspecified atom stereocenters. The Hall–Kier alpha value is -3.15. The van der Waals surface area contributed by atoms with Gasteiger partial charge in [0, 0.05) is 22.7 Å². The van der Waals surface area contributed by atoms with Crippen LogP contribution in [0.15, 0.2) is 41.4 Å². The first-order chi connectivity index (χ1) is 19.1. The molecular weight excluding hydrogens is 526 g/mol. The molecule has 202 valence electrons. The summed E-state index contributed by atoms with van der Waals surface area (Å²) in [7, 11) is 0. The summed E-state index contributed by atoms with van der Waals surface area (Å²) in [6, 6.07) is 14.8. The van der Waals surface area contributed by atoms with E-state index in [9.17, 15) is 14.9 Å². The van der Waals surface area contributed by atoms with Crippen LogP contribution in [-0.2, 0) is 35.2 Å². The van der Waals surface area contributed by atoms with E-state index in [0.29, 0.717) is 39.4 Å². The molecule has 3 aromatic rings. The van der Waals surface area contributed by atoms with Crippen molar-refractivity contribution in [1.29, 1.82) is 5.26 Å². The number of nitriles is 1. The number of pyridine rings is 1. The second-order valence-corrected chi connectivity index (χ2v) is 12.2. The van der Waals surface area contributed by atoms with Crippen molar-refractivity contribution in [2.75, 3.05) is 17.7 Å². The number of rotatable bonds is 8. The fraction of sp³-hybridized carbons (Fsp3) is 0.419. The molecule has 2 aromatic heterocycles. The molecule has 0 fully saturated rings. The summed E-state index contributed by atoms with van der Waals surface area (Å²) in [6.45, 7) is 2.10. The minimum absolute atomic E-state index is 0.147. The molecule has 39 heavy (non-hydrogen) atoms. The van der Waals surface area contributed by atoms with Gasteiger partial charge in [0.2, 0.25) is 5.91 Å². The van der Waals surface area contributed by atoms with Crippen molar-refractivity contribution < 1.29 is 14.3 Å². The van der Waals surface area contributed by atoms with Gasteiger partial charge in [-0.25, -0.2) is 9.78 Å². The van der Waals surface area contributed by atoms with Crippen molar-refractivity contribution in [2.45, 2.75) is 75.7 Å². The van der Waals surface area contributed by atoms with Gasteiger partial charge in [-0.15, -0.1) is 23.1 Å². The van der Waals surface area contributed by atoms with E-state index in [4.69, 9.17) is 9.72 Å². The Labute approximate surface area is 238 Å². The number of hydrogen-bond donors (Lipinski definition) is 1. The maximum absolute atomic E-state index is 12.9. The van der Waals surface area contributed by atoms with E-state index in [1.807, 2.05) is 12.1 Å². The predicted molar refractivity (Wildman–Crippen MR) is 156 cm³/mol. The Morgan fingerprint density at radius 3 is 2.79 bits per heavy atom. The molecule has 0 aliphatic heterocycles. The van der Waals surface area contributed by atoms with Crippen LogP contribution in [0.5, 0.6) is 0 Å². The second-order valence-electron chi connectivity index (χ2n) is 10.0. The topological polar surface area (TPSA) is 92.1 Å². The van der Waals surface area contributed by atoms with Crippen molar-refractivity contribution in [3.8, 4) is 6.07 Å². The lowest BCUT2D eigenvalue weighted by atomic mass is 9.82. The molecular formula is C31H33N3O3S2. The summed E-state index contributed by atoms with van der Waals surface area (Å²) in [5.41, 5.74) is 5.70. The quantitative estimate of drug-likeness (QED) is 0.184. The van der Waals surface area contributed by atoms with Gasteiger partial charge in [0.05, 0.1) is 17.7 Å². The number of ether oxygens (including phenoxy) is 1. The molecule has 8 heteroatoms. The molecule has 2 aliphatic carbocycles. The number of nitrogens with one attached hydrogen (secondary N) is 1. The number of benzene rings is 1. The number of nitrogens with zero attached hydrogens (tertiary/aromatic N) is 2. The van der Waals surface area contributed by atoms with Gasteiger partial charge in [0.15, 0.2) is 0 Å². The zero-order chi connectivity index (χ0) is 27.2. The van der Waals surface area contributed by atoms with Crippen LogP contribution in [0, 0.1) is 11.3 Å². The molecule has 2 aliphatic rings. The Kier molecular flexibility index (Phi) is 9.00. The number of aryl methyl sites for hydroxylation is 2. The van der Waals surface area contributed by atoms with E-state index >= 15 is 0 Å². The molecule has 1 N–H and O–H groups in total. The van der Waals surface area contributed by atoms with Crippen LogP contribution >= 0.6 is 23.1 Å². The number of anilines is 1. The first kappa shape index (κ1) is 27.4. The third-order valence-electron chi connectivity index (χ3n) is 7.47. The van der Waals surface area contributed by atoms with Crippen molar-refractivity contribution in [3.63, 3.8) is 0 Å². The number of carbonyl (C=O) groups is 2. The van der Waals surface area contributed by atoms with E-state index in [2.05, 4.69) is 35.7 Å². The van der Waals surface area contributed by atoms with Crippen LogP contribution in [0.3, 0.4) is 0 Å². The lowest BCUT2D eigenvalue weighted by molar-refractivity contribution is -0.115. The molecule has 6 nitrogen and oxygen atoms in total. The van der Waals surface area contributed by atoms with Gasteiger partial charge in [0.1, 0.15) is 16.1 Å². The Bertz CT molecular complexity index is 1390. The summed E-state index contributed by atoms with van der Waals surface area (Å²) >= 11 is 2.96. The Morgan fingerprint density at radius 1 is 1.18 bits per heavy atom. The third-order valence-corrected chi connectivity index (χ3v) is 9.67. The van der Waals surface area contributed by atoms with E-state index in [1.165, 1.54) is 33.5 Å². The van der Waals surface area contributed by atoms with Crippen molar-refractivity contribution in [1.82, 2.24) is 4.98 Å². The van der Waals surface area contributed by atoms with E-state index in [-0.39, 0.29) is 18.3 Å². The number of carbonyl (C=O) groups excluding carboxylic acids is 2. The second kappa shape index (κ2) is 12.8. The molecule has 0 spiro atoms. The molecule has 2 heterocycles. The van der Waals surface area contributed by atoms with Gasteiger partial charge in [-0.05, 0) is 80.5 Å². The third kappa shape index (κ3) is 6.37. The van der Waals surface area contributed by atoms with Gasteiger partial charge >= 0.3 is 5.97 Å². The fourth-order valence-electron chi connectivity index (χ4n) is 5.52. The number of aromatic nitrogens is 1. The van der Waals surface area contributed by atoms with Crippen LogP contribution in [0.4, 0.5) is 5.00 Å². The molecule has 0 radical (unpaired) electrons. The first-order valence-electron chi connectivity index (χ1n) is 13.8. The Balaban J connectivity index is 1.23. The lowest BCUT2D eigenvalue weighted by Gasteiger charge is -2.25. The van der Waals surface area contributed by atoms with Crippen LogP contribution in [0.25, 0.3) is 0 Å². The molecule has 5 rings (SSSR count). The first-order valence-corrected chi connectivity index (χ1v) is 15.6. The lowest BCUT2D eigenvalue weighted by Crippen LogP contribution is -2.16. The highest BCUT2D eigenvalue weighted by molar-refractivity contribution is 7.99. The van der Waals surface area contributed by atoms with E-state index < -0.39 is 0 Å². The van der Waals surface area contributed by atoms with Gasteiger partial charge in [0.25, 0.3) is 0 Å². The standard InChI is InChI=1S/C31H33N3O3S2/c1-2-37-31(36)28-24-11-7-4-8-12-26(24)39-30(28)34-27(35)15-16-38-29-23(19-32)18-22-17-21(13-14-25(22)33-29)20-9-5-3-6-10-20/h3,5-6,9-10,18,21H,2,4,7-8,11-17H2,1H3,(H,34,35). The number of thiophene rings is 1. The zero-order valence-corrected chi connectivity index (χ0v) is 23.9. The van der Waals surface area contributed by atoms with Gasteiger partial charge in [-0.2, -0.15) is 5.26 Å². The largest absolute Gasteiger partial charge is 0.462 e. The summed E-state index contributed by atoms with van der Waals surface area (Å²) in [4.78, 5) is 31.7. The van der Waals surface area contributed by atoms with Crippen LogP contribution in [-0.4, -0.2) is 29.2 Å². The summed E-state index contributed by atoms with van der Waals surface area (Å²) in [5.74, 6) is 0.444. The monoisotopic (exact) mass is 559 g/mol. The summed E-state index contributed by atoms with van der Waals surface area (Å²) in [6.07, 6.45) is 8.15. The number of thioether (sulfide) groups is 1. The molecule has 0 saturated carbocycles. The predicted octanol–water partition coefficient (Wildman–Crippen LogP) is 6.85. The number of fused-ring (bicyclic) bond motifs is 2. The Morgan fingerprint density at radius 2 is 2.00 bits per heavy atom. The number of esters is 1. The van der Waals surface area contributed by atoms with Crippen LogP contribution < -0.4 is 5.32 Å². The van der Waals surface area contributed by atoms with Gasteiger partial charge in [-0.1, -0.05) is 36.8 Å². The summed E-state index contributed by atoms with van der Waals surface area (Å²) in [5, 5.41) is 14.1. The highest BCUT2D eigenvalue weighted by Gasteiger charge is 2.27. The van der Waals surface area contributed by atoms with Crippen LogP contribution in [0.1, 0.15) is 88.1 Å². The number of hydrogen-bond acceptors (Lipinski definition) is 7. The molecule has 1 atom stereocenters. The molecule has 1 aromatic carbocycles. The average molecular weight is 560 g/mol. The smallest absolute Gasteiger partial charge is 0.341 e. The average Bonchev–Trinajstić information content (AvgIpc) is 3.12. The maximum Gasteiger partial charge on any atom is 0.341 e. The minimum atomic E-state index is -0.354. The molecule has 0 saturated heterocycles. The SMILES string of the molecule is CCOC(=O)c1c(NC(=O)CCSc2nc3c(cc2C#N)CC(c2ccccc2)CC3)sc2c1CCCCC2. The molecule has 1 amide bonds. The van der Waals surface area contributed by atoms with E-state index in [1.54, 1.807) is 6.92 Å². The highest BCUT2D eigenvalue weighted by Crippen LogP contribution is 2.38. The van der Waals surface area contributed by atoms with Gasteiger partial charge in [-0.3, -0.25) is 4.79 Å². The van der Waals surface area contributed by atoms with Crippen LogP contribution in [0.2, 0.25) is 0 Å². The van der Waals surface area contributed by atoms with Crippen molar-refractivity contribution in [3.05, 3.63) is 74.8 Å². The van der Waals surface area contributed by atoms with Gasteiger partial charge < -0.3 is 10.1 Å². The van der Waals surface area contributed by atoms with E-state index in [0.717, 1.165) is 68.2 Å². The fourth-order valence-corrected chi connectivity index (χ4v) is 7.73. The highest BCUT2D eigenvalue weighted by atomic mass is 32.2. The van der Waals surface area contributed by atoms with Crippen molar-refractivity contribution >= 4 is 40.0 Å². The zero-order valence-electron chi connectivity index (χ0n) is 22.3.